The first kappa shape index (κ1) is 22.4. The maximum atomic E-state index is 12.9. The molecule has 0 saturated carbocycles. The Kier molecular flexibility index (Phi) is 6.29. The van der Waals surface area contributed by atoms with Crippen molar-refractivity contribution >= 4 is 43.7 Å². The van der Waals surface area contributed by atoms with Crippen molar-refractivity contribution < 1.29 is 13.2 Å². The fraction of sp³-hybridized carbons (Fsp3) is 0.273. The molecule has 1 amide bonds. The van der Waals surface area contributed by atoms with Crippen LogP contribution in [0.4, 0.5) is 5.00 Å². The summed E-state index contributed by atoms with van der Waals surface area (Å²) >= 11 is 7.49. The molecule has 0 spiro atoms. The Labute approximate surface area is 195 Å². The number of anilines is 1. The molecule has 3 aromatic rings. The van der Waals surface area contributed by atoms with E-state index in [0.717, 1.165) is 47.9 Å². The molecule has 0 unspecified atom stereocenters. The van der Waals surface area contributed by atoms with Crippen molar-refractivity contribution in [1.82, 2.24) is 9.97 Å². The first-order chi connectivity index (χ1) is 15.3. The summed E-state index contributed by atoms with van der Waals surface area (Å²) in [6, 6.07) is 9.29. The van der Waals surface area contributed by atoms with Gasteiger partial charge in [0.1, 0.15) is 11.1 Å². The SMILES string of the molecule is Cc1cccc(CS(=O)(=O)c2ncc(Cl)c(C(=O)Nc3sc4c(c3C#N)CCCC4)n2)c1. The number of aryl methyl sites for hydroxylation is 2. The molecule has 1 aromatic carbocycles. The van der Waals surface area contributed by atoms with Crippen LogP contribution in [0.3, 0.4) is 0 Å². The van der Waals surface area contributed by atoms with Crippen LogP contribution >= 0.6 is 22.9 Å². The summed E-state index contributed by atoms with van der Waals surface area (Å²) in [7, 11) is -3.90. The van der Waals surface area contributed by atoms with E-state index in [1.54, 1.807) is 18.2 Å². The monoisotopic (exact) mass is 486 g/mol. The van der Waals surface area contributed by atoms with Crippen LogP contribution < -0.4 is 5.32 Å². The number of fused-ring (bicyclic) bond motifs is 1. The van der Waals surface area contributed by atoms with E-state index in [4.69, 9.17) is 11.6 Å². The van der Waals surface area contributed by atoms with Crippen molar-refractivity contribution in [1.29, 1.82) is 5.26 Å². The molecule has 2 aromatic heterocycles. The van der Waals surface area contributed by atoms with Crippen molar-refractivity contribution in [2.45, 2.75) is 43.5 Å². The predicted octanol–water partition coefficient (Wildman–Crippen LogP) is 4.48. The van der Waals surface area contributed by atoms with Crippen LogP contribution in [-0.4, -0.2) is 24.3 Å². The van der Waals surface area contributed by atoms with Crippen molar-refractivity contribution in [2.24, 2.45) is 0 Å². The number of thiophene rings is 1. The summed E-state index contributed by atoms with van der Waals surface area (Å²) in [5.41, 5.74) is 2.71. The smallest absolute Gasteiger partial charge is 0.276 e. The van der Waals surface area contributed by atoms with Gasteiger partial charge in [-0.25, -0.2) is 18.4 Å². The lowest BCUT2D eigenvalue weighted by molar-refractivity contribution is 0.102. The molecule has 164 valence electrons. The second-order valence-electron chi connectivity index (χ2n) is 7.58. The molecular formula is C22H19ClN4O3S2. The Morgan fingerprint density at radius 1 is 1.31 bits per heavy atom. The number of nitrogens with zero attached hydrogens (tertiary/aromatic N) is 3. The number of benzene rings is 1. The van der Waals surface area contributed by atoms with Crippen molar-refractivity contribution in [3.8, 4) is 6.07 Å². The zero-order chi connectivity index (χ0) is 22.9. The third-order valence-electron chi connectivity index (χ3n) is 5.16. The van der Waals surface area contributed by atoms with Crippen LogP contribution in [-0.2, 0) is 28.4 Å². The summed E-state index contributed by atoms with van der Waals surface area (Å²) in [4.78, 5) is 21.8. The summed E-state index contributed by atoms with van der Waals surface area (Å²) in [6.45, 7) is 1.87. The van der Waals surface area contributed by atoms with Gasteiger partial charge in [-0.1, -0.05) is 41.4 Å². The minimum atomic E-state index is -3.90. The molecule has 0 atom stereocenters. The Balaban J connectivity index is 1.62. The van der Waals surface area contributed by atoms with Gasteiger partial charge in [0.05, 0.1) is 22.5 Å². The van der Waals surface area contributed by atoms with Gasteiger partial charge in [0.2, 0.25) is 15.0 Å². The molecule has 10 heteroatoms. The molecule has 1 N–H and O–H groups in total. The van der Waals surface area contributed by atoms with Crippen molar-refractivity contribution in [3.05, 3.63) is 68.3 Å². The van der Waals surface area contributed by atoms with Gasteiger partial charge in [-0.2, -0.15) is 5.26 Å². The number of sulfone groups is 1. The van der Waals surface area contributed by atoms with Gasteiger partial charge in [-0.15, -0.1) is 11.3 Å². The van der Waals surface area contributed by atoms with Gasteiger partial charge in [0.25, 0.3) is 5.91 Å². The van der Waals surface area contributed by atoms with E-state index < -0.39 is 20.9 Å². The average Bonchev–Trinajstić information content (AvgIpc) is 3.10. The molecule has 2 heterocycles. The Morgan fingerprint density at radius 2 is 2.09 bits per heavy atom. The number of nitriles is 1. The highest BCUT2D eigenvalue weighted by Gasteiger charge is 2.26. The summed E-state index contributed by atoms with van der Waals surface area (Å²) in [5.74, 6) is -0.979. The molecule has 1 aliphatic rings. The number of hydrogen-bond donors (Lipinski definition) is 1. The van der Waals surface area contributed by atoms with Gasteiger partial charge >= 0.3 is 0 Å². The summed E-state index contributed by atoms with van der Waals surface area (Å²) < 4.78 is 25.7. The molecule has 0 bridgehead atoms. The molecule has 32 heavy (non-hydrogen) atoms. The number of rotatable bonds is 5. The van der Waals surface area contributed by atoms with E-state index in [2.05, 4.69) is 21.4 Å². The number of aromatic nitrogens is 2. The van der Waals surface area contributed by atoms with Gasteiger partial charge < -0.3 is 5.32 Å². The quantitative estimate of drug-likeness (QED) is 0.532. The van der Waals surface area contributed by atoms with Gasteiger partial charge in [0, 0.05) is 4.88 Å². The van der Waals surface area contributed by atoms with E-state index in [0.29, 0.717) is 16.1 Å². The number of nitrogens with one attached hydrogen (secondary N) is 1. The number of carbonyl (C=O) groups excluding carboxylic acids is 1. The lowest BCUT2D eigenvalue weighted by Gasteiger charge is -2.09. The topological polar surface area (TPSA) is 113 Å². The Hall–Kier alpha value is -2.80. The Morgan fingerprint density at radius 3 is 2.84 bits per heavy atom. The fourth-order valence-corrected chi connectivity index (χ4v) is 6.28. The number of amides is 1. The minimum absolute atomic E-state index is 0.0724. The lowest BCUT2D eigenvalue weighted by atomic mass is 9.96. The minimum Gasteiger partial charge on any atom is -0.311 e. The van der Waals surface area contributed by atoms with Crippen molar-refractivity contribution in [3.63, 3.8) is 0 Å². The number of halogens is 1. The predicted molar refractivity (Wildman–Crippen MR) is 123 cm³/mol. The zero-order valence-corrected chi connectivity index (χ0v) is 19.6. The molecule has 0 saturated heterocycles. The van der Waals surface area contributed by atoms with Crippen molar-refractivity contribution in [2.75, 3.05) is 5.32 Å². The summed E-state index contributed by atoms with van der Waals surface area (Å²) in [6.07, 6.45) is 4.84. The van der Waals surface area contributed by atoms with E-state index in [9.17, 15) is 18.5 Å². The first-order valence-corrected chi connectivity index (χ1v) is 12.8. The average molecular weight is 487 g/mol. The highest BCUT2D eigenvalue weighted by molar-refractivity contribution is 7.90. The number of hydrogen-bond acceptors (Lipinski definition) is 7. The standard InChI is InChI=1S/C22H19ClN4O3S2/c1-13-5-4-6-14(9-13)12-32(29,30)22-25-11-17(23)19(26-22)20(28)27-21-16(10-24)15-7-2-3-8-18(15)31-21/h4-6,9,11H,2-3,7-8,12H2,1H3,(H,27,28). The molecule has 0 aliphatic heterocycles. The highest BCUT2D eigenvalue weighted by Crippen LogP contribution is 2.38. The van der Waals surface area contributed by atoms with E-state index in [1.807, 2.05) is 13.0 Å². The van der Waals surface area contributed by atoms with Crippen LogP contribution in [0.25, 0.3) is 0 Å². The molecule has 0 radical (unpaired) electrons. The van der Waals surface area contributed by atoms with Crippen LogP contribution in [0.5, 0.6) is 0 Å². The molecule has 1 aliphatic carbocycles. The maximum absolute atomic E-state index is 12.9. The third-order valence-corrected chi connectivity index (χ3v) is 8.11. The van der Waals surface area contributed by atoms with Gasteiger partial charge in [-0.3, -0.25) is 4.79 Å². The second-order valence-corrected chi connectivity index (χ2v) is 11.0. The van der Waals surface area contributed by atoms with Crippen LogP contribution in [0, 0.1) is 18.3 Å². The highest BCUT2D eigenvalue weighted by atomic mass is 35.5. The summed E-state index contributed by atoms with van der Waals surface area (Å²) in [5, 5.41) is 12.2. The zero-order valence-electron chi connectivity index (χ0n) is 17.2. The lowest BCUT2D eigenvalue weighted by Crippen LogP contribution is -2.18. The normalized spacial score (nSPS) is 13.3. The molecule has 7 nitrogen and oxygen atoms in total. The van der Waals surface area contributed by atoms with Crippen LogP contribution in [0.1, 0.15) is 50.5 Å². The molecule has 0 fully saturated rings. The maximum Gasteiger partial charge on any atom is 0.276 e. The van der Waals surface area contributed by atoms with E-state index >= 15 is 0 Å². The molecular weight excluding hydrogens is 468 g/mol. The van der Waals surface area contributed by atoms with Crippen LogP contribution in [0.15, 0.2) is 35.6 Å². The van der Waals surface area contributed by atoms with Gasteiger partial charge in [0.15, 0.2) is 5.69 Å². The Bertz CT molecular complexity index is 1360. The molecule has 4 rings (SSSR count). The van der Waals surface area contributed by atoms with E-state index in [1.165, 1.54) is 11.3 Å². The fourth-order valence-electron chi connectivity index (χ4n) is 3.68. The first-order valence-electron chi connectivity index (χ1n) is 9.95. The van der Waals surface area contributed by atoms with E-state index in [-0.39, 0.29) is 16.5 Å². The van der Waals surface area contributed by atoms with Gasteiger partial charge in [-0.05, 0) is 43.7 Å². The second kappa shape index (κ2) is 8.98. The van der Waals surface area contributed by atoms with Crippen LogP contribution in [0.2, 0.25) is 5.02 Å². The largest absolute Gasteiger partial charge is 0.311 e. The third kappa shape index (κ3) is 4.53. The number of carbonyl (C=O) groups is 1.